The van der Waals surface area contributed by atoms with Crippen LogP contribution in [0, 0.1) is 5.82 Å². The minimum Gasteiger partial charge on any atom is -0.350 e. The van der Waals surface area contributed by atoms with Gasteiger partial charge in [0.2, 0.25) is 11.8 Å². The third kappa shape index (κ3) is 6.01. The Morgan fingerprint density at radius 3 is 2.00 bits per heavy atom. The first-order valence-electron chi connectivity index (χ1n) is 9.92. The molecule has 3 aromatic rings. The smallest absolute Gasteiger partial charge is 0.242 e. The molecule has 4 nitrogen and oxygen atoms in total. The number of carbonyl (C=O) groups is 2. The maximum Gasteiger partial charge on any atom is 0.242 e. The maximum absolute atomic E-state index is 13.3. The molecule has 0 radical (unpaired) electrons. The van der Waals surface area contributed by atoms with Crippen LogP contribution in [0.15, 0.2) is 84.9 Å². The summed E-state index contributed by atoms with van der Waals surface area (Å²) in [5.74, 6) is -0.732. The van der Waals surface area contributed by atoms with Crippen molar-refractivity contribution in [3.05, 3.63) is 107 Å². The van der Waals surface area contributed by atoms with Crippen molar-refractivity contribution in [2.24, 2.45) is 0 Å². The lowest BCUT2D eigenvalue weighted by Crippen LogP contribution is -2.47. The van der Waals surface area contributed by atoms with Crippen LogP contribution in [-0.2, 0) is 29.1 Å². The highest BCUT2D eigenvalue weighted by molar-refractivity contribution is 5.88. The van der Waals surface area contributed by atoms with E-state index in [4.69, 9.17) is 0 Å². The van der Waals surface area contributed by atoms with Crippen LogP contribution in [0.1, 0.15) is 23.6 Å². The predicted molar refractivity (Wildman–Crippen MR) is 115 cm³/mol. The Hall–Kier alpha value is -3.47. The number of rotatable bonds is 8. The van der Waals surface area contributed by atoms with E-state index in [1.54, 1.807) is 24.0 Å². The molecule has 0 saturated heterocycles. The Kier molecular flexibility index (Phi) is 7.33. The zero-order valence-corrected chi connectivity index (χ0v) is 16.9. The molecule has 0 aliphatic carbocycles. The van der Waals surface area contributed by atoms with Crippen LogP contribution < -0.4 is 5.32 Å². The fraction of sp³-hybridized carbons (Fsp3) is 0.200. The van der Waals surface area contributed by atoms with Gasteiger partial charge >= 0.3 is 0 Å². The van der Waals surface area contributed by atoms with Gasteiger partial charge in [-0.05, 0) is 35.7 Å². The molecule has 2 amide bonds. The second kappa shape index (κ2) is 10.3. The molecule has 0 aliphatic heterocycles. The summed E-state index contributed by atoms with van der Waals surface area (Å²) in [7, 11) is 0. The highest BCUT2D eigenvalue weighted by atomic mass is 19.1. The van der Waals surface area contributed by atoms with Gasteiger partial charge in [-0.3, -0.25) is 9.59 Å². The SMILES string of the molecule is C[C@@H](C(=O)NCc1ccccc1)N(Cc1ccc(F)cc1)C(=O)Cc1ccccc1. The molecule has 0 aliphatic rings. The van der Waals surface area contributed by atoms with E-state index in [0.717, 1.165) is 16.7 Å². The number of halogens is 1. The second-order valence-corrected chi connectivity index (χ2v) is 7.19. The van der Waals surface area contributed by atoms with Crippen LogP contribution in [0.5, 0.6) is 0 Å². The van der Waals surface area contributed by atoms with Gasteiger partial charge in [0.25, 0.3) is 0 Å². The van der Waals surface area contributed by atoms with Crippen LogP contribution in [0.4, 0.5) is 4.39 Å². The zero-order valence-electron chi connectivity index (χ0n) is 16.9. The lowest BCUT2D eigenvalue weighted by atomic mass is 10.1. The number of amides is 2. The van der Waals surface area contributed by atoms with Crippen LogP contribution in [-0.4, -0.2) is 22.8 Å². The number of hydrogen-bond donors (Lipinski definition) is 1. The number of carbonyl (C=O) groups excluding carboxylic acids is 2. The molecule has 0 fully saturated rings. The fourth-order valence-electron chi connectivity index (χ4n) is 3.17. The van der Waals surface area contributed by atoms with Crippen molar-refractivity contribution in [1.29, 1.82) is 0 Å². The molecular formula is C25H25FN2O2. The van der Waals surface area contributed by atoms with Gasteiger partial charge < -0.3 is 10.2 Å². The van der Waals surface area contributed by atoms with Gasteiger partial charge in [0.05, 0.1) is 6.42 Å². The van der Waals surface area contributed by atoms with E-state index < -0.39 is 6.04 Å². The van der Waals surface area contributed by atoms with Crippen LogP contribution in [0.2, 0.25) is 0 Å². The molecule has 1 N–H and O–H groups in total. The summed E-state index contributed by atoms with van der Waals surface area (Å²) in [4.78, 5) is 27.4. The Labute approximate surface area is 176 Å². The van der Waals surface area contributed by atoms with Gasteiger partial charge in [0.15, 0.2) is 0 Å². The Morgan fingerprint density at radius 2 is 1.40 bits per heavy atom. The van der Waals surface area contributed by atoms with Crippen molar-refractivity contribution in [2.45, 2.75) is 32.5 Å². The first-order chi connectivity index (χ1) is 14.5. The molecule has 0 unspecified atom stereocenters. The van der Waals surface area contributed by atoms with Crippen molar-refractivity contribution in [2.75, 3.05) is 0 Å². The minimum atomic E-state index is -0.671. The zero-order chi connectivity index (χ0) is 21.3. The molecule has 0 bridgehead atoms. The monoisotopic (exact) mass is 404 g/mol. The average molecular weight is 404 g/mol. The summed E-state index contributed by atoms with van der Waals surface area (Å²) in [6.45, 7) is 2.33. The minimum absolute atomic E-state index is 0.159. The van der Waals surface area contributed by atoms with E-state index >= 15 is 0 Å². The van der Waals surface area contributed by atoms with E-state index in [0.29, 0.717) is 6.54 Å². The predicted octanol–water partition coefficient (Wildman–Crippen LogP) is 4.10. The number of hydrogen-bond acceptors (Lipinski definition) is 2. The van der Waals surface area contributed by atoms with Gasteiger partial charge in [-0.2, -0.15) is 0 Å². The molecule has 5 heteroatoms. The van der Waals surface area contributed by atoms with E-state index in [-0.39, 0.29) is 30.6 Å². The average Bonchev–Trinajstić information content (AvgIpc) is 2.78. The number of nitrogens with one attached hydrogen (secondary N) is 1. The van der Waals surface area contributed by atoms with E-state index in [2.05, 4.69) is 5.32 Å². The van der Waals surface area contributed by atoms with Crippen LogP contribution >= 0.6 is 0 Å². The molecule has 154 valence electrons. The van der Waals surface area contributed by atoms with Gasteiger partial charge in [-0.1, -0.05) is 72.8 Å². The summed E-state index contributed by atoms with van der Waals surface area (Å²) in [6.07, 6.45) is 0.193. The standard InChI is InChI=1S/C25H25FN2O2/c1-19(25(30)27-17-21-10-6-3-7-11-21)28(18-22-12-14-23(26)15-13-22)24(29)16-20-8-4-2-5-9-20/h2-15,19H,16-18H2,1H3,(H,27,30)/t19-/m0/s1. The lowest BCUT2D eigenvalue weighted by molar-refractivity contribution is -0.140. The third-order valence-corrected chi connectivity index (χ3v) is 4.94. The molecule has 3 aromatic carbocycles. The molecule has 1 atom stereocenters. The van der Waals surface area contributed by atoms with Crippen molar-refractivity contribution < 1.29 is 14.0 Å². The highest BCUT2D eigenvalue weighted by Gasteiger charge is 2.26. The largest absolute Gasteiger partial charge is 0.350 e. The molecule has 0 saturated carbocycles. The van der Waals surface area contributed by atoms with Crippen molar-refractivity contribution in [3.8, 4) is 0 Å². The van der Waals surface area contributed by atoms with Crippen molar-refractivity contribution in [3.63, 3.8) is 0 Å². The number of nitrogens with zero attached hydrogens (tertiary/aromatic N) is 1. The van der Waals surface area contributed by atoms with Crippen molar-refractivity contribution >= 4 is 11.8 Å². The van der Waals surface area contributed by atoms with E-state index in [1.165, 1.54) is 12.1 Å². The Morgan fingerprint density at radius 1 is 0.833 bits per heavy atom. The molecule has 0 aromatic heterocycles. The van der Waals surface area contributed by atoms with Crippen molar-refractivity contribution in [1.82, 2.24) is 10.2 Å². The summed E-state index contributed by atoms with van der Waals surface area (Å²) in [6, 6.07) is 24.3. The summed E-state index contributed by atoms with van der Waals surface area (Å²) in [5.41, 5.74) is 2.63. The first kappa shape index (κ1) is 21.2. The molecule has 0 spiro atoms. The molecule has 30 heavy (non-hydrogen) atoms. The van der Waals surface area contributed by atoms with Gasteiger partial charge in [0.1, 0.15) is 11.9 Å². The quantitative estimate of drug-likeness (QED) is 0.615. The van der Waals surface area contributed by atoms with Crippen LogP contribution in [0.3, 0.4) is 0 Å². The topological polar surface area (TPSA) is 49.4 Å². The number of benzene rings is 3. The molecule has 0 heterocycles. The summed E-state index contributed by atoms with van der Waals surface area (Å²) in [5, 5.41) is 2.90. The van der Waals surface area contributed by atoms with Gasteiger partial charge in [0, 0.05) is 13.1 Å². The first-order valence-corrected chi connectivity index (χ1v) is 9.92. The third-order valence-electron chi connectivity index (χ3n) is 4.94. The Bertz CT molecular complexity index is 959. The fourth-order valence-corrected chi connectivity index (χ4v) is 3.17. The lowest BCUT2D eigenvalue weighted by Gasteiger charge is -2.29. The summed E-state index contributed by atoms with van der Waals surface area (Å²) < 4.78 is 13.3. The van der Waals surface area contributed by atoms with Gasteiger partial charge in [-0.15, -0.1) is 0 Å². The molecule has 3 rings (SSSR count). The molecular weight excluding hydrogens is 379 g/mol. The second-order valence-electron chi connectivity index (χ2n) is 7.19. The highest BCUT2D eigenvalue weighted by Crippen LogP contribution is 2.13. The normalized spacial score (nSPS) is 11.5. The van der Waals surface area contributed by atoms with Gasteiger partial charge in [-0.25, -0.2) is 4.39 Å². The van der Waals surface area contributed by atoms with Crippen LogP contribution in [0.25, 0.3) is 0 Å². The summed E-state index contributed by atoms with van der Waals surface area (Å²) >= 11 is 0. The maximum atomic E-state index is 13.3. The van der Waals surface area contributed by atoms with E-state index in [9.17, 15) is 14.0 Å². The Balaban J connectivity index is 1.73. The van der Waals surface area contributed by atoms with E-state index in [1.807, 2.05) is 60.7 Å².